The van der Waals surface area contributed by atoms with Gasteiger partial charge in [-0.2, -0.15) is 0 Å². The molecule has 23 heavy (non-hydrogen) atoms. The minimum Gasteiger partial charge on any atom is -0.367 e. The molecular weight excluding hydrogens is 298 g/mol. The highest BCUT2D eigenvalue weighted by atomic mass is 16.6. The Hall–Kier alpha value is -3.22. The topological polar surface area (TPSA) is 115 Å². The van der Waals surface area contributed by atoms with Gasteiger partial charge < -0.3 is 11.1 Å². The maximum atomic E-state index is 12.4. The lowest BCUT2D eigenvalue weighted by Gasteiger charge is -2.28. The summed E-state index contributed by atoms with van der Waals surface area (Å²) in [5.74, 6) is -1.52. The third-order valence-electron chi connectivity index (χ3n) is 3.55. The standard InChI is InChI=1S/C16H15N3O4/c1-16(15(17)21,11-7-3-2-4-8-11)18-14(20)12-9-5-6-10-13(12)19(22)23/h2-10H,1H3,(H2,17,21)(H,18,20). The molecule has 0 spiro atoms. The van der Waals surface area contributed by atoms with Crippen LogP contribution < -0.4 is 11.1 Å². The van der Waals surface area contributed by atoms with E-state index in [1.807, 2.05) is 0 Å². The number of primary amides is 1. The van der Waals surface area contributed by atoms with Crippen LogP contribution in [0.5, 0.6) is 0 Å². The molecular formula is C16H15N3O4. The average Bonchev–Trinajstić information content (AvgIpc) is 2.55. The van der Waals surface area contributed by atoms with Gasteiger partial charge in [0.15, 0.2) is 0 Å². The van der Waals surface area contributed by atoms with E-state index < -0.39 is 22.3 Å². The van der Waals surface area contributed by atoms with Crippen molar-refractivity contribution in [1.82, 2.24) is 5.32 Å². The molecule has 3 N–H and O–H groups in total. The Kier molecular flexibility index (Phi) is 4.40. The molecule has 2 rings (SSSR count). The first kappa shape index (κ1) is 16.2. The fourth-order valence-electron chi connectivity index (χ4n) is 2.17. The Morgan fingerprint density at radius 2 is 1.65 bits per heavy atom. The highest BCUT2D eigenvalue weighted by molar-refractivity contribution is 6.01. The van der Waals surface area contributed by atoms with Crippen molar-refractivity contribution in [1.29, 1.82) is 0 Å². The molecule has 0 bridgehead atoms. The monoisotopic (exact) mass is 313 g/mol. The lowest BCUT2D eigenvalue weighted by Crippen LogP contribution is -2.52. The number of hydrogen-bond acceptors (Lipinski definition) is 4. The average molecular weight is 313 g/mol. The summed E-state index contributed by atoms with van der Waals surface area (Å²) < 4.78 is 0. The van der Waals surface area contributed by atoms with E-state index in [-0.39, 0.29) is 11.3 Å². The molecule has 1 unspecified atom stereocenters. The van der Waals surface area contributed by atoms with Gasteiger partial charge in [0, 0.05) is 6.07 Å². The summed E-state index contributed by atoms with van der Waals surface area (Å²) in [6.07, 6.45) is 0. The van der Waals surface area contributed by atoms with Crippen molar-refractivity contribution in [2.75, 3.05) is 0 Å². The van der Waals surface area contributed by atoms with Gasteiger partial charge in [-0.05, 0) is 18.6 Å². The first-order valence-electron chi connectivity index (χ1n) is 6.77. The quantitative estimate of drug-likeness (QED) is 0.646. The number of carbonyl (C=O) groups is 2. The number of nitrogens with zero attached hydrogens (tertiary/aromatic N) is 1. The molecule has 0 fully saturated rings. The van der Waals surface area contributed by atoms with E-state index in [0.717, 1.165) is 0 Å². The van der Waals surface area contributed by atoms with Crippen LogP contribution >= 0.6 is 0 Å². The van der Waals surface area contributed by atoms with E-state index >= 15 is 0 Å². The van der Waals surface area contributed by atoms with Crippen LogP contribution in [-0.2, 0) is 10.3 Å². The van der Waals surface area contributed by atoms with Crippen LogP contribution in [0.3, 0.4) is 0 Å². The second-order valence-electron chi connectivity index (χ2n) is 5.08. The second-order valence-corrected chi connectivity index (χ2v) is 5.08. The maximum Gasteiger partial charge on any atom is 0.282 e. The molecule has 7 nitrogen and oxygen atoms in total. The van der Waals surface area contributed by atoms with Crippen molar-refractivity contribution in [3.63, 3.8) is 0 Å². The molecule has 0 saturated carbocycles. The number of nitro benzene ring substituents is 1. The lowest BCUT2D eigenvalue weighted by molar-refractivity contribution is -0.385. The summed E-state index contributed by atoms with van der Waals surface area (Å²) in [5, 5.41) is 13.5. The van der Waals surface area contributed by atoms with Crippen LogP contribution in [0.15, 0.2) is 54.6 Å². The molecule has 0 heterocycles. The van der Waals surface area contributed by atoms with E-state index in [4.69, 9.17) is 5.73 Å². The molecule has 2 aromatic carbocycles. The molecule has 0 aliphatic rings. The van der Waals surface area contributed by atoms with E-state index in [2.05, 4.69) is 5.32 Å². The van der Waals surface area contributed by atoms with Crippen LogP contribution in [-0.4, -0.2) is 16.7 Å². The highest BCUT2D eigenvalue weighted by Crippen LogP contribution is 2.23. The van der Waals surface area contributed by atoms with Crippen molar-refractivity contribution in [2.45, 2.75) is 12.5 Å². The molecule has 2 aromatic rings. The first-order chi connectivity index (χ1) is 10.9. The lowest BCUT2D eigenvalue weighted by atomic mass is 9.90. The Labute approximate surface area is 132 Å². The number of nitrogens with two attached hydrogens (primary N) is 1. The molecule has 0 radical (unpaired) electrons. The predicted molar refractivity (Wildman–Crippen MR) is 83.6 cm³/mol. The van der Waals surface area contributed by atoms with Gasteiger partial charge in [0.2, 0.25) is 5.91 Å². The van der Waals surface area contributed by atoms with Gasteiger partial charge in [-0.1, -0.05) is 42.5 Å². The Bertz CT molecular complexity index is 761. The van der Waals surface area contributed by atoms with Crippen molar-refractivity contribution in [3.05, 3.63) is 75.8 Å². The van der Waals surface area contributed by atoms with E-state index in [1.165, 1.54) is 31.2 Å². The third kappa shape index (κ3) is 3.18. The van der Waals surface area contributed by atoms with Gasteiger partial charge in [0.1, 0.15) is 11.1 Å². The molecule has 118 valence electrons. The SMILES string of the molecule is CC(NC(=O)c1ccccc1[N+](=O)[O-])(C(N)=O)c1ccccc1. The van der Waals surface area contributed by atoms with Gasteiger partial charge in [-0.15, -0.1) is 0 Å². The predicted octanol–water partition coefficient (Wildman–Crippen LogP) is 1.73. The third-order valence-corrected chi connectivity index (χ3v) is 3.55. The fourth-order valence-corrected chi connectivity index (χ4v) is 2.17. The number of hydrogen-bond donors (Lipinski definition) is 2. The van der Waals surface area contributed by atoms with Gasteiger partial charge in [0.25, 0.3) is 11.6 Å². The van der Waals surface area contributed by atoms with Crippen LogP contribution in [0.4, 0.5) is 5.69 Å². The number of para-hydroxylation sites is 1. The zero-order valence-electron chi connectivity index (χ0n) is 12.4. The molecule has 1 atom stereocenters. The molecule has 7 heteroatoms. The van der Waals surface area contributed by atoms with Crippen molar-refractivity contribution >= 4 is 17.5 Å². The summed E-state index contributed by atoms with van der Waals surface area (Å²) in [4.78, 5) is 34.7. The summed E-state index contributed by atoms with van der Waals surface area (Å²) in [6.45, 7) is 1.46. The fraction of sp³-hybridized carbons (Fsp3) is 0.125. The highest BCUT2D eigenvalue weighted by Gasteiger charge is 2.36. The van der Waals surface area contributed by atoms with Crippen LogP contribution in [0, 0.1) is 10.1 Å². The zero-order valence-corrected chi connectivity index (χ0v) is 12.4. The minimum atomic E-state index is -1.48. The van der Waals surface area contributed by atoms with Crippen molar-refractivity contribution in [2.24, 2.45) is 5.73 Å². The number of rotatable bonds is 5. The maximum absolute atomic E-state index is 12.4. The normalized spacial score (nSPS) is 12.9. The van der Waals surface area contributed by atoms with Crippen molar-refractivity contribution in [3.8, 4) is 0 Å². The molecule has 0 aliphatic carbocycles. The number of nitrogens with one attached hydrogen (secondary N) is 1. The second kappa shape index (κ2) is 6.27. The van der Waals surface area contributed by atoms with Crippen LogP contribution in [0.2, 0.25) is 0 Å². The number of carbonyl (C=O) groups excluding carboxylic acids is 2. The van der Waals surface area contributed by atoms with E-state index in [9.17, 15) is 19.7 Å². The summed E-state index contributed by atoms with van der Waals surface area (Å²) in [7, 11) is 0. The zero-order chi connectivity index (χ0) is 17.0. The molecule has 0 saturated heterocycles. The summed E-state index contributed by atoms with van der Waals surface area (Å²) in [5.41, 5.74) is 3.96. The Morgan fingerprint density at radius 3 is 2.22 bits per heavy atom. The summed E-state index contributed by atoms with van der Waals surface area (Å²) in [6, 6.07) is 14.0. The van der Waals surface area contributed by atoms with Gasteiger partial charge >= 0.3 is 0 Å². The summed E-state index contributed by atoms with van der Waals surface area (Å²) >= 11 is 0. The number of benzene rings is 2. The Balaban J connectivity index is 2.41. The van der Waals surface area contributed by atoms with E-state index in [0.29, 0.717) is 5.56 Å². The number of amides is 2. The van der Waals surface area contributed by atoms with Gasteiger partial charge in [-0.3, -0.25) is 19.7 Å². The van der Waals surface area contributed by atoms with Crippen LogP contribution in [0.25, 0.3) is 0 Å². The molecule has 0 aromatic heterocycles. The minimum absolute atomic E-state index is 0.138. The number of nitro groups is 1. The van der Waals surface area contributed by atoms with Crippen molar-refractivity contribution < 1.29 is 14.5 Å². The van der Waals surface area contributed by atoms with Gasteiger partial charge in [0.05, 0.1) is 4.92 Å². The van der Waals surface area contributed by atoms with Gasteiger partial charge in [-0.25, -0.2) is 0 Å². The van der Waals surface area contributed by atoms with Crippen LogP contribution in [0.1, 0.15) is 22.8 Å². The molecule has 2 amide bonds. The Morgan fingerprint density at radius 1 is 1.09 bits per heavy atom. The smallest absolute Gasteiger partial charge is 0.282 e. The largest absolute Gasteiger partial charge is 0.367 e. The molecule has 0 aliphatic heterocycles. The van der Waals surface area contributed by atoms with E-state index in [1.54, 1.807) is 30.3 Å². The first-order valence-corrected chi connectivity index (χ1v) is 6.77.